The maximum atomic E-state index is 6.30. The average molecular weight is 437 g/mol. The summed E-state index contributed by atoms with van der Waals surface area (Å²) in [6, 6.07) is 17.6. The van der Waals surface area contributed by atoms with Gasteiger partial charge in [0.15, 0.2) is 0 Å². The Bertz CT molecular complexity index is 977. The number of thioether (sulfide) groups is 2. The van der Waals surface area contributed by atoms with E-state index in [1.165, 1.54) is 37.6 Å². The highest BCUT2D eigenvalue weighted by atomic mass is 32.2. The molecular formula is C26H32N2S2. The largest absolute Gasteiger partial charge is 0.326 e. The summed E-state index contributed by atoms with van der Waals surface area (Å²) in [5, 5.41) is 0. The zero-order valence-electron chi connectivity index (χ0n) is 18.7. The summed E-state index contributed by atoms with van der Waals surface area (Å²) >= 11 is 3.64. The van der Waals surface area contributed by atoms with E-state index in [9.17, 15) is 0 Å². The topological polar surface area (TPSA) is 38.9 Å². The van der Waals surface area contributed by atoms with Crippen LogP contribution in [0.4, 0.5) is 0 Å². The van der Waals surface area contributed by atoms with E-state index in [-0.39, 0.29) is 0 Å². The second kappa shape index (κ2) is 10.5. The lowest BCUT2D eigenvalue weighted by Gasteiger charge is -2.21. The van der Waals surface area contributed by atoms with Crippen molar-refractivity contribution in [1.29, 1.82) is 0 Å². The first kappa shape index (κ1) is 22.9. The third kappa shape index (κ3) is 5.48. The second-order valence-corrected chi connectivity index (χ2v) is 10.0. The SMILES string of the molecule is CSc1ccc(SCc2c(C)nc(CC(C)C)c(CN)c2-c2ccc(C)cc2)cc1. The summed E-state index contributed by atoms with van der Waals surface area (Å²) < 4.78 is 0. The van der Waals surface area contributed by atoms with Gasteiger partial charge in [0.05, 0.1) is 0 Å². The molecule has 0 aliphatic heterocycles. The summed E-state index contributed by atoms with van der Waals surface area (Å²) in [6.07, 6.45) is 3.06. The molecule has 3 rings (SSSR count). The summed E-state index contributed by atoms with van der Waals surface area (Å²) in [4.78, 5) is 7.60. The predicted molar refractivity (Wildman–Crippen MR) is 133 cm³/mol. The van der Waals surface area contributed by atoms with Crippen molar-refractivity contribution in [1.82, 2.24) is 4.98 Å². The van der Waals surface area contributed by atoms with E-state index in [4.69, 9.17) is 10.7 Å². The van der Waals surface area contributed by atoms with Gasteiger partial charge in [-0.2, -0.15) is 0 Å². The fraction of sp³-hybridized carbons (Fsp3) is 0.346. The maximum Gasteiger partial charge on any atom is 0.0460 e. The molecule has 0 atom stereocenters. The van der Waals surface area contributed by atoms with Crippen molar-refractivity contribution in [3.05, 3.63) is 76.6 Å². The van der Waals surface area contributed by atoms with Gasteiger partial charge in [-0.1, -0.05) is 43.7 Å². The Hall–Kier alpha value is -1.75. The second-order valence-electron chi connectivity index (χ2n) is 8.11. The molecule has 0 spiro atoms. The molecule has 30 heavy (non-hydrogen) atoms. The summed E-state index contributed by atoms with van der Waals surface area (Å²) in [7, 11) is 0. The van der Waals surface area contributed by atoms with Crippen molar-refractivity contribution in [2.24, 2.45) is 11.7 Å². The lowest BCUT2D eigenvalue weighted by molar-refractivity contribution is 0.628. The molecule has 2 N–H and O–H groups in total. The summed E-state index contributed by atoms with van der Waals surface area (Å²) in [6.45, 7) is 9.27. The Balaban J connectivity index is 2.06. The Morgan fingerprint density at radius 1 is 0.900 bits per heavy atom. The number of hydrogen-bond acceptors (Lipinski definition) is 4. The number of benzene rings is 2. The van der Waals surface area contributed by atoms with Gasteiger partial charge < -0.3 is 5.73 Å². The van der Waals surface area contributed by atoms with Crippen LogP contribution in [-0.4, -0.2) is 11.2 Å². The lowest BCUT2D eigenvalue weighted by atomic mass is 9.90. The molecule has 0 saturated heterocycles. The molecule has 2 aromatic carbocycles. The van der Waals surface area contributed by atoms with Crippen LogP contribution in [0.15, 0.2) is 58.3 Å². The van der Waals surface area contributed by atoms with Crippen molar-refractivity contribution in [3.8, 4) is 11.1 Å². The number of nitrogens with zero attached hydrogens (tertiary/aromatic N) is 1. The normalized spacial score (nSPS) is 11.3. The third-order valence-electron chi connectivity index (χ3n) is 5.28. The van der Waals surface area contributed by atoms with Crippen LogP contribution in [0, 0.1) is 19.8 Å². The van der Waals surface area contributed by atoms with Crippen LogP contribution in [0.2, 0.25) is 0 Å². The van der Waals surface area contributed by atoms with Gasteiger partial charge in [-0.3, -0.25) is 4.98 Å². The molecule has 0 radical (unpaired) electrons. The Labute approximate surface area is 190 Å². The first-order valence-corrected chi connectivity index (χ1v) is 12.7. The van der Waals surface area contributed by atoms with Crippen molar-refractivity contribution in [3.63, 3.8) is 0 Å². The van der Waals surface area contributed by atoms with Gasteiger partial charge in [0.2, 0.25) is 0 Å². The molecule has 1 aromatic heterocycles. The zero-order valence-corrected chi connectivity index (χ0v) is 20.3. The smallest absolute Gasteiger partial charge is 0.0460 e. The van der Waals surface area contributed by atoms with Gasteiger partial charge >= 0.3 is 0 Å². The Morgan fingerprint density at radius 3 is 2.10 bits per heavy atom. The highest BCUT2D eigenvalue weighted by Gasteiger charge is 2.19. The fourth-order valence-corrected chi connectivity index (χ4v) is 5.09. The first-order valence-electron chi connectivity index (χ1n) is 10.5. The Morgan fingerprint density at radius 2 is 1.53 bits per heavy atom. The number of aromatic nitrogens is 1. The van der Waals surface area contributed by atoms with E-state index in [0.29, 0.717) is 12.5 Å². The number of hydrogen-bond donors (Lipinski definition) is 1. The third-order valence-corrected chi connectivity index (χ3v) is 7.06. The molecule has 1 heterocycles. The van der Waals surface area contributed by atoms with E-state index in [0.717, 1.165) is 23.6 Å². The van der Waals surface area contributed by atoms with Crippen LogP contribution in [-0.2, 0) is 18.7 Å². The quantitative estimate of drug-likeness (QED) is 0.384. The molecule has 0 fully saturated rings. The van der Waals surface area contributed by atoms with Crippen molar-refractivity contribution >= 4 is 23.5 Å². The number of pyridine rings is 1. The summed E-state index contributed by atoms with van der Waals surface area (Å²) in [5.41, 5.74) is 14.9. The van der Waals surface area contributed by atoms with Crippen LogP contribution < -0.4 is 5.73 Å². The molecule has 4 heteroatoms. The van der Waals surface area contributed by atoms with Crippen LogP contribution >= 0.6 is 23.5 Å². The van der Waals surface area contributed by atoms with Gasteiger partial charge in [-0.15, -0.1) is 23.5 Å². The van der Waals surface area contributed by atoms with Crippen molar-refractivity contribution in [2.45, 2.75) is 56.2 Å². The molecule has 2 nitrogen and oxygen atoms in total. The van der Waals surface area contributed by atoms with Gasteiger partial charge in [0.25, 0.3) is 0 Å². The van der Waals surface area contributed by atoms with Gasteiger partial charge in [-0.05, 0) is 79.0 Å². The number of nitrogens with two attached hydrogens (primary N) is 1. The molecule has 158 valence electrons. The van der Waals surface area contributed by atoms with Crippen molar-refractivity contribution < 1.29 is 0 Å². The van der Waals surface area contributed by atoms with Crippen LogP contribution in [0.3, 0.4) is 0 Å². The van der Waals surface area contributed by atoms with E-state index in [2.05, 4.69) is 82.5 Å². The molecule has 3 aromatic rings. The minimum Gasteiger partial charge on any atom is -0.326 e. The van der Waals surface area contributed by atoms with Crippen molar-refractivity contribution in [2.75, 3.05) is 6.26 Å². The molecule has 0 aliphatic rings. The van der Waals surface area contributed by atoms with E-state index < -0.39 is 0 Å². The predicted octanol–water partition coefficient (Wildman–Crippen LogP) is 7.04. The number of aryl methyl sites for hydroxylation is 2. The Kier molecular flexibility index (Phi) is 8.04. The molecule has 0 bridgehead atoms. The molecule has 0 aliphatic carbocycles. The van der Waals surface area contributed by atoms with Crippen LogP contribution in [0.5, 0.6) is 0 Å². The minimum atomic E-state index is 0.513. The highest BCUT2D eigenvalue weighted by molar-refractivity contribution is 7.99. The monoisotopic (exact) mass is 436 g/mol. The molecule has 0 unspecified atom stereocenters. The fourth-order valence-electron chi connectivity index (χ4n) is 3.69. The van der Waals surface area contributed by atoms with Gasteiger partial charge in [0, 0.05) is 33.5 Å². The van der Waals surface area contributed by atoms with Crippen LogP contribution in [0.25, 0.3) is 11.1 Å². The van der Waals surface area contributed by atoms with E-state index >= 15 is 0 Å². The van der Waals surface area contributed by atoms with Gasteiger partial charge in [0.1, 0.15) is 0 Å². The van der Waals surface area contributed by atoms with E-state index in [1.807, 2.05) is 11.8 Å². The lowest BCUT2D eigenvalue weighted by Crippen LogP contribution is -2.13. The summed E-state index contributed by atoms with van der Waals surface area (Å²) in [5.74, 6) is 1.43. The highest BCUT2D eigenvalue weighted by Crippen LogP contribution is 2.36. The first-order chi connectivity index (χ1) is 14.4. The molecular weight excluding hydrogens is 404 g/mol. The van der Waals surface area contributed by atoms with E-state index in [1.54, 1.807) is 11.8 Å². The number of rotatable bonds is 8. The zero-order chi connectivity index (χ0) is 21.7. The maximum absolute atomic E-state index is 6.30. The standard InChI is InChI=1S/C26H32N2S2/c1-17(2)14-25-23(15-27)26(20-8-6-18(3)7-9-20)24(19(4)28-25)16-30-22-12-10-21(29-5)11-13-22/h6-13,17H,14-16,27H2,1-5H3. The van der Waals surface area contributed by atoms with Crippen LogP contribution in [0.1, 0.15) is 41.9 Å². The average Bonchev–Trinajstić information content (AvgIpc) is 2.73. The molecule has 0 saturated carbocycles. The minimum absolute atomic E-state index is 0.513. The molecule has 0 amide bonds. The van der Waals surface area contributed by atoms with Gasteiger partial charge in [-0.25, -0.2) is 0 Å².